The van der Waals surface area contributed by atoms with Crippen LogP contribution >= 0.6 is 11.6 Å². The number of allylic oxidation sites excluding steroid dienone is 1. The van der Waals surface area contributed by atoms with E-state index in [9.17, 15) is 4.79 Å². The molecule has 1 rings (SSSR count). The van der Waals surface area contributed by atoms with Crippen LogP contribution in [0.25, 0.3) is 0 Å². The molecular formula is C12H19ClO2. The number of rotatable bonds is 5. The Morgan fingerprint density at radius 1 is 1.33 bits per heavy atom. The van der Waals surface area contributed by atoms with Gasteiger partial charge in [0.2, 0.25) is 0 Å². The highest BCUT2D eigenvalue weighted by Crippen LogP contribution is 2.43. The van der Waals surface area contributed by atoms with Crippen molar-refractivity contribution in [1.82, 2.24) is 0 Å². The molecule has 0 bridgehead atoms. The molecule has 2 nitrogen and oxygen atoms in total. The number of unbranched alkanes of at least 4 members (excludes halogenated alkanes) is 1. The molecule has 0 aliphatic carbocycles. The SMILES string of the molecule is CCCC/C(Cl)=C1/C(=O)OC1(CC)CC. The van der Waals surface area contributed by atoms with Crippen molar-refractivity contribution in [3.05, 3.63) is 10.6 Å². The fourth-order valence-electron chi connectivity index (χ4n) is 1.98. The van der Waals surface area contributed by atoms with E-state index in [0.717, 1.165) is 37.7 Å². The van der Waals surface area contributed by atoms with Crippen molar-refractivity contribution >= 4 is 17.6 Å². The minimum atomic E-state index is -0.387. The first-order valence-electron chi connectivity index (χ1n) is 5.73. The van der Waals surface area contributed by atoms with Crippen LogP contribution < -0.4 is 0 Å². The van der Waals surface area contributed by atoms with Crippen LogP contribution in [0, 0.1) is 0 Å². The van der Waals surface area contributed by atoms with Crippen molar-refractivity contribution in [2.24, 2.45) is 0 Å². The zero-order valence-corrected chi connectivity index (χ0v) is 10.5. The second kappa shape index (κ2) is 5.02. The van der Waals surface area contributed by atoms with Gasteiger partial charge in [-0.05, 0) is 25.7 Å². The quantitative estimate of drug-likeness (QED) is 0.531. The predicted molar refractivity (Wildman–Crippen MR) is 61.8 cm³/mol. The Morgan fingerprint density at radius 2 is 1.93 bits per heavy atom. The number of hydrogen-bond acceptors (Lipinski definition) is 2. The van der Waals surface area contributed by atoms with Crippen LogP contribution in [0.5, 0.6) is 0 Å². The predicted octanol–water partition coefficient (Wildman–Crippen LogP) is 3.79. The van der Waals surface area contributed by atoms with Gasteiger partial charge in [-0.1, -0.05) is 38.8 Å². The number of carbonyl (C=O) groups is 1. The molecule has 0 radical (unpaired) electrons. The maximum absolute atomic E-state index is 11.4. The van der Waals surface area contributed by atoms with E-state index < -0.39 is 0 Å². The van der Waals surface area contributed by atoms with Gasteiger partial charge in [0, 0.05) is 5.03 Å². The summed E-state index contributed by atoms with van der Waals surface area (Å²) in [4.78, 5) is 11.4. The summed E-state index contributed by atoms with van der Waals surface area (Å²) >= 11 is 6.18. The van der Waals surface area contributed by atoms with Gasteiger partial charge in [-0.15, -0.1) is 0 Å². The number of halogens is 1. The van der Waals surface area contributed by atoms with Crippen LogP contribution in [0.3, 0.4) is 0 Å². The van der Waals surface area contributed by atoms with Crippen molar-refractivity contribution in [2.45, 2.75) is 58.5 Å². The molecule has 0 amide bonds. The topological polar surface area (TPSA) is 26.3 Å². The van der Waals surface area contributed by atoms with Crippen molar-refractivity contribution < 1.29 is 9.53 Å². The highest BCUT2D eigenvalue weighted by molar-refractivity contribution is 6.32. The molecule has 1 heterocycles. The molecule has 1 aliphatic rings. The summed E-state index contributed by atoms with van der Waals surface area (Å²) in [6, 6.07) is 0. The first-order chi connectivity index (χ1) is 7.11. The van der Waals surface area contributed by atoms with E-state index in [0.29, 0.717) is 5.03 Å². The number of carbonyl (C=O) groups excluding carboxylic acids is 1. The van der Waals surface area contributed by atoms with Crippen LogP contribution in [-0.2, 0) is 9.53 Å². The van der Waals surface area contributed by atoms with Crippen molar-refractivity contribution in [1.29, 1.82) is 0 Å². The van der Waals surface area contributed by atoms with E-state index in [1.54, 1.807) is 0 Å². The highest BCUT2D eigenvalue weighted by Gasteiger charge is 2.50. The van der Waals surface area contributed by atoms with E-state index in [4.69, 9.17) is 16.3 Å². The second-order valence-corrected chi connectivity index (χ2v) is 4.43. The van der Waals surface area contributed by atoms with E-state index in [-0.39, 0.29) is 11.6 Å². The third-order valence-electron chi connectivity index (χ3n) is 3.11. The van der Waals surface area contributed by atoms with Gasteiger partial charge in [0.05, 0.1) is 5.57 Å². The van der Waals surface area contributed by atoms with Crippen LogP contribution in [0.4, 0.5) is 0 Å². The van der Waals surface area contributed by atoms with Gasteiger partial charge in [0.1, 0.15) is 5.60 Å². The van der Waals surface area contributed by atoms with E-state index >= 15 is 0 Å². The summed E-state index contributed by atoms with van der Waals surface area (Å²) in [7, 11) is 0. The molecule has 0 aromatic carbocycles. The third-order valence-corrected chi connectivity index (χ3v) is 3.49. The monoisotopic (exact) mass is 230 g/mol. The third kappa shape index (κ3) is 2.20. The molecule has 1 aliphatic heterocycles. The number of hydrogen-bond donors (Lipinski definition) is 0. The lowest BCUT2D eigenvalue weighted by Crippen LogP contribution is -2.50. The van der Waals surface area contributed by atoms with E-state index in [1.165, 1.54) is 0 Å². The molecule has 0 unspecified atom stereocenters. The smallest absolute Gasteiger partial charge is 0.340 e. The van der Waals surface area contributed by atoms with Gasteiger partial charge in [-0.3, -0.25) is 0 Å². The summed E-state index contributed by atoms with van der Waals surface area (Å²) in [6.07, 6.45) is 4.53. The maximum Gasteiger partial charge on any atom is 0.340 e. The summed E-state index contributed by atoms with van der Waals surface area (Å²) in [5.41, 5.74) is 0.338. The molecule has 0 aromatic heterocycles. The molecule has 0 aromatic rings. The molecule has 0 N–H and O–H groups in total. The molecule has 1 saturated heterocycles. The number of ether oxygens (including phenoxy) is 1. The summed E-state index contributed by atoms with van der Waals surface area (Å²) in [5, 5.41) is 0.705. The standard InChI is InChI=1S/C12H19ClO2/c1-4-7-8-9(13)10-11(14)15-12(10,5-2)6-3/h4-8H2,1-3H3/b10-9+. The molecule has 1 fully saturated rings. The number of cyclic esters (lactones) is 1. The summed E-state index contributed by atoms with van der Waals surface area (Å²) in [5.74, 6) is -0.222. The summed E-state index contributed by atoms with van der Waals surface area (Å²) < 4.78 is 5.26. The lowest BCUT2D eigenvalue weighted by atomic mass is 9.82. The Hall–Kier alpha value is -0.500. The Kier molecular flexibility index (Phi) is 4.21. The van der Waals surface area contributed by atoms with Gasteiger partial charge >= 0.3 is 5.97 Å². The first-order valence-corrected chi connectivity index (χ1v) is 6.11. The molecule has 86 valence electrons. The normalized spacial score (nSPS) is 22.0. The Labute approximate surface area is 96.6 Å². The van der Waals surface area contributed by atoms with E-state index in [2.05, 4.69) is 6.92 Å². The van der Waals surface area contributed by atoms with Gasteiger partial charge in [-0.2, -0.15) is 0 Å². The van der Waals surface area contributed by atoms with Crippen LogP contribution in [0.15, 0.2) is 10.6 Å². The van der Waals surface area contributed by atoms with Gasteiger partial charge in [0.15, 0.2) is 0 Å². The molecule has 15 heavy (non-hydrogen) atoms. The molecular weight excluding hydrogens is 212 g/mol. The minimum absolute atomic E-state index is 0.222. The maximum atomic E-state index is 11.4. The average molecular weight is 231 g/mol. The van der Waals surface area contributed by atoms with Gasteiger partial charge < -0.3 is 4.74 Å². The van der Waals surface area contributed by atoms with Crippen LogP contribution in [0.2, 0.25) is 0 Å². The molecule has 0 saturated carbocycles. The van der Waals surface area contributed by atoms with E-state index in [1.807, 2.05) is 13.8 Å². The lowest BCUT2D eigenvalue weighted by molar-refractivity contribution is -0.172. The fourth-order valence-corrected chi connectivity index (χ4v) is 2.36. The Bertz CT molecular complexity index is 277. The van der Waals surface area contributed by atoms with Crippen molar-refractivity contribution in [2.75, 3.05) is 0 Å². The van der Waals surface area contributed by atoms with Crippen molar-refractivity contribution in [3.63, 3.8) is 0 Å². The average Bonchev–Trinajstić information content (AvgIpc) is 2.22. The zero-order chi connectivity index (χ0) is 11.5. The lowest BCUT2D eigenvalue weighted by Gasteiger charge is -2.42. The fraction of sp³-hybridized carbons (Fsp3) is 0.750. The Balaban J connectivity index is 2.85. The first kappa shape index (κ1) is 12.6. The summed E-state index contributed by atoms with van der Waals surface area (Å²) in [6.45, 7) is 6.17. The molecule has 0 atom stereocenters. The van der Waals surface area contributed by atoms with Crippen molar-refractivity contribution in [3.8, 4) is 0 Å². The second-order valence-electron chi connectivity index (χ2n) is 3.97. The zero-order valence-electron chi connectivity index (χ0n) is 9.73. The van der Waals surface area contributed by atoms with Gasteiger partial charge in [0.25, 0.3) is 0 Å². The highest BCUT2D eigenvalue weighted by atomic mass is 35.5. The number of esters is 1. The Morgan fingerprint density at radius 3 is 2.33 bits per heavy atom. The molecule has 0 spiro atoms. The van der Waals surface area contributed by atoms with Crippen LogP contribution in [0.1, 0.15) is 52.9 Å². The molecule has 3 heteroatoms. The van der Waals surface area contributed by atoms with Crippen LogP contribution in [-0.4, -0.2) is 11.6 Å². The van der Waals surface area contributed by atoms with Gasteiger partial charge in [-0.25, -0.2) is 4.79 Å². The minimum Gasteiger partial charge on any atom is -0.450 e. The largest absolute Gasteiger partial charge is 0.450 e.